The van der Waals surface area contributed by atoms with E-state index in [4.69, 9.17) is 27.1 Å². The minimum Gasteiger partial charge on any atom is -0.497 e. The number of carbonyl (C=O) groups excluding carboxylic acids is 2. The molecular weight excluding hydrogens is 558 g/mol. The minimum atomic E-state index is -2.50. The fraction of sp³-hybridized carbons (Fsp3) is 0.300. The average molecular weight is 594 g/mol. The standard InChI is InChI=1S/C30H36ClN5O4Si/c1-40-22-12-13-25-24(17-22)28(19-8-10-21(31)11-9-19)35-26(29(32)36-25)18-27(37)33-14-5-15-34-30(38)20-6-4-7-23(16-20)41(2,3)39/h4,6-13,16-17,26,29,36,39H,5,14-15,18,32H2,1-3H3,(H,33,37)(H,34,38)/t26-,29?/m0/s1. The quantitative estimate of drug-likeness (QED) is 0.181. The molecule has 0 aromatic heterocycles. The van der Waals surface area contributed by atoms with Gasteiger partial charge in [-0.2, -0.15) is 0 Å². The van der Waals surface area contributed by atoms with Crippen molar-refractivity contribution in [1.82, 2.24) is 10.6 Å². The maximum absolute atomic E-state index is 12.9. The molecule has 11 heteroatoms. The summed E-state index contributed by atoms with van der Waals surface area (Å²) in [4.78, 5) is 40.7. The van der Waals surface area contributed by atoms with Crippen molar-refractivity contribution in [3.63, 3.8) is 0 Å². The number of hydrogen-bond acceptors (Lipinski definition) is 7. The summed E-state index contributed by atoms with van der Waals surface area (Å²) < 4.78 is 5.43. The van der Waals surface area contributed by atoms with Gasteiger partial charge in [-0.15, -0.1) is 0 Å². The number of nitrogens with two attached hydrogens (primary N) is 1. The number of halogens is 1. The van der Waals surface area contributed by atoms with Gasteiger partial charge in [0.1, 0.15) is 5.75 Å². The maximum atomic E-state index is 12.9. The van der Waals surface area contributed by atoms with Gasteiger partial charge in [-0.1, -0.05) is 35.9 Å². The van der Waals surface area contributed by atoms with Crippen molar-refractivity contribution in [3.05, 3.63) is 88.4 Å². The van der Waals surface area contributed by atoms with Crippen LogP contribution in [0.3, 0.4) is 0 Å². The van der Waals surface area contributed by atoms with Crippen molar-refractivity contribution in [2.24, 2.45) is 10.7 Å². The van der Waals surface area contributed by atoms with E-state index in [1.165, 1.54) is 0 Å². The van der Waals surface area contributed by atoms with Gasteiger partial charge in [-0.05, 0) is 67.2 Å². The highest BCUT2D eigenvalue weighted by molar-refractivity contribution is 6.83. The molecule has 2 amide bonds. The number of benzodiazepines with no additional fused rings is 1. The first-order valence-corrected chi connectivity index (χ1v) is 16.8. The molecule has 0 bridgehead atoms. The largest absolute Gasteiger partial charge is 0.497 e. The molecule has 1 aliphatic rings. The Kier molecular flexibility index (Phi) is 9.82. The van der Waals surface area contributed by atoms with Crippen LogP contribution in [0.5, 0.6) is 5.75 Å². The van der Waals surface area contributed by atoms with Crippen molar-refractivity contribution >= 4 is 48.3 Å². The number of hydrogen-bond donors (Lipinski definition) is 5. The molecular formula is C30H36ClN5O4Si. The van der Waals surface area contributed by atoms with Crippen LogP contribution >= 0.6 is 11.6 Å². The molecule has 3 aromatic rings. The summed E-state index contributed by atoms with van der Waals surface area (Å²) in [5.41, 5.74) is 10.1. The normalized spacial score (nSPS) is 16.5. The Morgan fingerprint density at radius 1 is 1.07 bits per heavy atom. The Balaban J connectivity index is 1.36. The van der Waals surface area contributed by atoms with Crippen molar-refractivity contribution in [1.29, 1.82) is 0 Å². The van der Waals surface area contributed by atoms with Gasteiger partial charge in [-0.3, -0.25) is 14.6 Å². The second kappa shape index (κ2) is 13.3. The molecule has 0 spiro atoms. The van der Waals surface area contributed by atoms with Gasteiger partial charge >= 0.3 is 0 Å². The first kappa shape index (κ1) is 30.3. The molecule has 0 saturated heterocycles. The van der Waals surface area contributed by atoms with Crippen molar-refractivity contribution < 1.29 is 19.1 Å². The van der Waals surface area contributed by atoms with E-state index >= 15 is 0 Å². The summed E-state index contributed by atoms with van der Waals surface area (Å²) in [6.45, 7) is 4.40. The highest BCUT2D eigenvalue weighted by atomic mass is 35.5. The van der Waals surface area contributed by atoms with Crippen LogP contribution < -0.4 is 31.6 Å². The molecule has 1 aliphatic heterocycles. The predicted octanol–water partition coefficient (Wildman–Crippen LogP) is 3.00. The molecule has 0 radical (unpaired) electrons. The van der Waals surface area contributed by atoms with Crippen LogP contribution in [0.2, 0.25) is 18.1 Å². The number of methoxy groups -OCH3 is 1. The van der Waals surface area contributed by atoms with Gasteiger partial charge in [0, 0.05) is 40.5 Å². The zero-order valence-corrected chi connectivity index (χ0v) is 25.2. The summed E-state index contributed by atoms with van der Waals surface area (Å²) in [7, 11) is -0.901. The molecule has 0 saturated carbocycles. The third-order valence-electron chi connectivity index (χ3n) is 6.82. The van der Waals surface area contributed by atoms with E-state index in [2.05, 4.69) is 16.0 Å². The summed E-state index contributed by atoms with van der Waals surface area (Å²) in [5.74, 6) is 0.271. The first-order valence-electron chi connectivity index (χ1n) is 13.5. The van der Waals surface area contributed by atoms with Gasteiger partial charge in [0.2, 0.25) is 14.2 Å². The lowest BCUT2D eigenvalue weighted by atomic mass is 10.00. The second-order valence-electron chi connectivity index (χ2n) is 10.4. The van der Waals surface area contributed by atoms with Crippen LogP contribution in [-0.4, -0.2) is 63.0 Å². The van der Waals surface area contributed by atoms with E-state index < -0.39 is 20.5 Å². The van der Waals surface area contributed by atoms with Crippen molar-refractivity contribution in [2.75, 3.05) is 25.5 Å². The zero-order valence-electron chi connectivity index (χ0n) is 23.4. The van der Waals surface area contributed by atoms with E-state index in [1.54, 1.807) is 37.4 Å². The van der Waals surface area contributed by atoms with E-state index in [-0.39, 0.29) is 18.2 Å². The van der Waals surface area contributed by atoms with Gasteiger partial charge in [-0.25, -0.2) is 0 Å². The van der Waals surface area contributed by atoms with E-state index in [0.29, 0.717) is 41.6 Å². The lowest BCUT2D eigenvalue weighted by Crippen LogP contribution is -2.43. The molecule has 4 rings (SSSR count). The highest BCUT2D eigenvalue weighted by Crippen LogP contribution is 2.29. The Labute approximate surface area is 246 Å². The fourth-order valence-electron chi connectivity index (χ4n) is 4.50. The summed E-state index contributed by atoms with van der Waals surface area (Å²) >= 11 is 6.12. The molecule has 0 fully saturated rings. The van der Waals surface area contributed by atoms with E-state index in [9.17, 15) is 14.4 Å². The number of carbonyl (C=O) groups is 2. The van der Waals surface area contributed by atoms with Crippen LogP contribution in [0.4, 0.5) is 5.69 Å². The maximum Gasteiger partial charge on any atom is 0.251 e. The Morgan fingerprint density at radius 2 is 1.80 bits per heavy atom. The minimum absolute atomic E-state index is 0.0797. The predicted molar refractivity (Wildman–Crippen MR) is 166 cm³/mol. The molecule has 1 heterocycles. The summed E-state index contributed by atoms with van der Waals surface area (Å²) in [5, 5.41) is 10.5. The van der Waals surface area contributed by atoms with Crippen LogP contribution in [0.25, 0.3) is 0 Å². The number of nitrogens with zero attached hydrogens (tertiary/aromatic N) is 1. The Hall–Kier alpha value is -3.70. The highest BCUT2D eigenvalue weighted by Gasteiger charge is 2.27. The topological polar surface area (TPSA) is 138 Å². The molecule has 2 atom stereocenters. The third kappa shape index (κ3) is 7.95. The van der Waals surface area contributed by atoms with Crippen LogP contribution in [0, 0.1) is 0 Å². The molecule has 3 aromatic carbocycles. The summed E-state index contributed by atoms with van der Waals surface area (Å²) in [6, 6.07) is 19.5. The van der Waals surface area contributed by atoms with Gasteiger partial charge in [0.25, 0.3) is 5.91 Å². The van der Waals surface area contributed by atoms with Gasteiger partial charge in [0.15, 0.2) is 0 Å². The lowest BCUT2D eigenvalue weighted by Gasteiger charge is -2.20. The smallest absolute Gasteiger partial charge is 0.251 e. The lowest BCUT2D eigenvalue weighted by molar-refractivity contribution is -0.121. The van der Waals surface area contributed by atoms with Gasteiger partial charge < -0.3 is 31.2 Å². The number of ether oxygens (including phenoxy) is 1. The van der Waals surface area contributed by atoms with E-state index in [1.807, 2.05) is 49.5 Å². The van der Waals surface area contributed by atoms with Crippen LogP contribution in [-0.2, 0) is 4.79 Å². The van der Waals surface area contributed by atoms with Crippen LogP contribution in [0.1, 0.15) is 34.3 Å². The molecule has 41 heavy (non-hydrogen) atoms. The summed E-state index contributed by atoms with van der Waals surface area (Å²) in [6.07, 6.45) is 0.0347. The number of aliphatic imine (C=N–C) groups is 1. The number of benzene rings is 3. The van der Waals surface area contributed by atoms with Gasteiger partial charge in [0.05, 0.1) is 31.4 Å². The molecule has 1 unspecified atom stereocenters. The van der Waals surface area contributed by atoms with E-state index in [0.717, 1.165) is 22.0 Å². The number of anilines is 1. The first-order chi connectivity index (χ1) is 19.5. The molecule has 6 N–H and O–H groups in total. The zero-order chi connectivity index (χ0) is 29.6. The number of rotatable bonds is 10. The number of nitrogens with one attached hydrogen (secondary N) is 3. The van der Waals surface area contributed by atoms with Crippen molar-refractivity contribution in [3.8, 4) is 5.75 Å². The SMILES string of the molecule is COc1ccc2c(c1)C(c1ccc(Cl)cc1)=N[C@@H](CC(=O)NCCCNC(=O)c1cccc([Si](C)(C)O)c1)C(N)N2. The Bertz CT molecular complexity index is 1430. The fourth-order valence-corrected chi connectivity index (χ4v) is 5.64. The second-order valence-corrected chi connectivity index (χ2v) is 14.6. The third-order valence-corrected chi connectivity index (χ3v) is 8.79. The number of fused-ring (bicyclic) bond motifs is 1. The van der Waals surface area contributed by atoms with Crippen molar-refractivity contribution in [2.45, 2.75) is 38.1 Å². The average Bonchev–Trinajstić information content (AvgIpc) is 3.08. The monoisotopic (exact) mass is 593 g/mol. The molecule has 0 aliphatic carbocycles. The Morgan fingerprint density at radius 3 is 2.51 bits per heavy atom. The number of amides is 2. The molecule has 9 nitrogen and oxygen atoms in total. The molecule has 216 valence electrons. The van der Waals surface area contributed by atoms with Crippen LogP contribution in [0.15, 0.2) is 71.7 Å².